The summed E-state index contributed by atoms with van der Waals surface area (Å²) < 4.78 is 5.37. The maximum absolute atomic E-state index is 5.37. The highest BCUT2D eigenvalue weighted by atomic mass is 16.5. The quantitative estimate of drug-likeness (QED) is 0.844. The first-order valence-corrected chi connectivity index (χ1v) is 6.16. The van der Waals surface area contributed by atoms with Crippen molar-refractivity contribution < 1.29 is 4.74 Å². The van der Waals surface area contributed by atoms with Gasteiger partial charge in [0.1, 0.15) is 0 Å². The summed E-state index contributed by atoms with van der Waals surface area (Å²) in [6.07, 6.45) is 2.27. The molecule has 1 heterocycles. The third-order valence-corrected chi connectivity index (χ3v) is 3.36. The molecule has 1 aromatic rings. The van der Waals surface area contributed by atoms with Crippen molar-refractivity contribution in [3.63, 3.8) is 0 Å². The maximum atomic E-state index is 5.37. The van der Waals surface area contributed by atoms with E-state index in [0.717, 1.165) is 26.1 Å². The average Bonchev–Trinajstić information content (AvgIpc) is 2.31. The molecule has 0 amide bonds. The van der Waals surface area contributed by atoms with Crippen LogP contribution in [0.15, 0.2) is 24.3 Å². The molecule has 1 aliphatic rings. The van der Waals surface area contributed by atoms with Crippen LogP contribution in [0, 0.1) is 6.92 Å². The van der Waals surface area contributed by atoms with E-state index in [4.69, 9.17) is 4.74 Å². The van der Waals surface area contributed by atoms with E-state index in [1.807, 2.05) is 0 Å². The van der Waals surface area contributed by atoms with Crippen LogP contribution in [-0.4, -0.2) is 19.3 Å². The smallest absolute Gasteiger partial charge is 0.0480 e. The maximum Gasteiger partial charge on any atom is 0.0480 e. The predicted molar refractivity (Wildman–Crippen MR) is 66.6 cm³/mol. The highest BCUT2D eigenvalue weighted by Crippen LogP contribution is 2.19. The first-order valence-electron chi connectivity index (χ1n) is 6.16. The third kappa shape index (κ3) is 2.83. The summed E-state index contributed by atoms with van der Waals surface area (Å²) in [6.45, 7) is 6.23. The van der Waals surface area contributed by atoms with Gasteiger partial charge in [-0.25, -0.2) is 0 Å². The van der Waals surface area contributed by atoms with Gasteiger partial charge >= 0.3 is 0 Å². The molecule has 1 N–H and O–H groups in total. The van der Waals surface area contributed by atoms with Gasteiger partial charge in [0.05, 0.1) is 0 Å². The zero-order valence-corrected chi connectivity index (χ0v) is 10.2. The van der Waals surface area contributed by atoms with E-state index >= 15 is 0 Å². The second-order valence-corrected chi connectivity index (χ2v) is 4.63. The lowest BCUT2D eigenvalue weighted by molar-refractivity contribution is 0.0754. The van der Waals surface area contributed by atoms with Gasteiger partial charge in [0.25, 0.3) is 0 Å². The molecule has 1 aromatic carbocycles. The topological polar surface area (TPSA) is 21.3 Å². The van der Waals surface area contributed by atoms with Crippen LogP contribution in [0.3, 0.4) is 0 Å². The molecule has 0 saturated carbocycles. The minimum Gasteiger partial charge on any atom is -0.381 e. The van der Waals surface area contributed by atoms with Gasteiger partial charge in [-0.2, -0.15) is 0 Å². The number of rotatable bonds is 3. The number of hydrogen-bond donors (Lipinski definition) is 1. The van der Waals surface area contributed by atoms with Gasteiger partial charge in [-0.15, -0.1) is 0 Å². The molecule has 16 heavy (non-hydrogen) atoms. The Hall–Kier alpha value is -0.860. The number of hydrogen-bond acceptors (Lipinski definition) is 2. The van der Waals surface area contributed by atoms with Crippen molar-refractivity contribution in [2.75, 3.05) is 13.2 Å². The molecule has 1 unspecified atom stereocenters. The number of aryl methyl sites for hydroxylation is 1. The SMILES string of the molecule is Cc1ccccc1C(C)NC1CCOCC1. The van der Waals surface area contributed by atoms with E-state index in [1.54, 1.807) is 0 Å². The lowest BCUT2D eigenvalue weighted by Gasteiger charge is -2.27. The normalized spacial score (nSPS) is 19.6. The van der Waals surface area contributed by atoms with Crippen LogP contribution < -0.4 is 5.32 Å². The van der Waals surface area contributed by atoms with Crippen LogP contribution in [0.1, 0.15) is 36.9 Å². The zero-order valence-electron chi connectivity index (χ0n) is 10.2. The van der Waals surface area contributed by atoms with Crippen LogP contribution in [0.25, 0.3) is 0 Å². The fraction of sp³-hybridized carbons (Fsp3) is 0.571. The summed E-state index contributed by atoms with van der Waals surface area (Å²) in [4.78, 5) is 0. The molecule has 1 atom stereocenters. The van der Waals surface area contributed by atoms with Crippen LogP contribution >= 0.6 is 0 Å². The lowest BCUT2D eigenvalue weighted by atomic mass is 10.0. The summed E-state index contributed by atoms with van der Waals surface area (Å²) in [5, 5.41) is 3.70. The molecule has 0 aliphatic carbocycles. The highest BCUT2D eigenvalue weighted by Gasteiger charge is 2.17. The molecule has 0 radical (unpaired) electrons. The van der Waals surface area contributed by atoms with E-state index < -0.39 is 0 Å². The zero-order chi connectivity index (χ0) is 11.4. The summed E-state index contributed by atoms with van der Waals surface area (Å²) in [5.41, 5.74) is 2.78. The molecule has 2 nitrogen and oxygen atoms in total. The van der Waals surface area contributed by atoms with Crippen molar-refractivity contribution in [1.82, 2.24) is 5.32 Å². The summed E-state index contributed by atoms with van der Waals surface area (Å²) in [7, 11) is 0. The monoisotopic (exact) mass is 219 g/mol. The molecule has 1 saturated heterocycles. The molecule has 0 aromatic heterocycles. The van der Waals surface area contributed by atoms with Gasteiger partial charge in [0.15, 0.2) is 0 Å². The van der Waals surface area contributed by atoms with Crippen molar-refractivity contribution in [1.29, 1.82) is 0 Å². The Morgan fingerprint density at radius 1 is 1.25 bits per heavy atom. The number of benzene rings is 1. The Kier molecular flexibility index (Phi) is 3.97. The molecule has 88 valence electrons. The van der Waals surface area contributed by atoms with Crippen molar-refractivity contribution in [3.8, 4) is 0 Å². The fourth-order valence-electron chi connectivity index (χ4n) is 2.38. The van der Waals surface area contributed by atoms with E-state index in [1.165, 1.54) is 11.1 Å². The average molecular weight is 219 g/mol. The Morgan fingerprint density at radius 2 is 1.94 bits per heavy atom. The summed E-state index contributed by atoms with van der Waals surface area (Å²) in [5.74, 6) is 0. The van der Waals surface area contributed by atoms with Gasteiger partial charge in [-0.3, -0.25) is 0 Å². The molecule has 1 aliphatic heterocycles. The van der Waals surface area contributed by atoms with Gasteiger partial charge in [-0.05, 0) is 37.8 Å². The van der Waals surface area contributed by atoms with E-state index in [-0.39, 0.29) is 0 Å². The van der Waals surface area contributed by atoms with Gasteiger partial charge in [0.2, 0.25) is 0 Å². The third-order valence-electron chi connectivity index (χ3n) is 3.36. The second-order valence-electron chi connectivity index (χ2n) is 4.63. The largest absolute Gasteiger partial charge is 0.381 e. The fourth-order valence-corrected chi connectivity index (χ4v) is 2.38. The highest BCUT2D eigenvalue weighted by molar-refractivity contribution is 5.28. The van der Waals surface area contributed by atoms with Crippen LogP contribution in [0.5, 0.6) is 0 Å². The molecule has 1 fully saturated rings. The predicted octanol–water partition coefficient (Wildman–Crippen LogP) is 2.82. The number of nitrogens with one attached hydrogen (secondary N) is 1. The number of ether oxygens (including phenoxy) is 1. The molecule has 2 heteroatoms. The van der Waals surface area contributed by atoms with E-state index in [2.05, 4.69) is 43.4 Å². The lowest BCUT2D eigenvalue weighted by Crippen LogP contribution is -2.36. The Bertz CT molecular complexity index is 331. The minimum atomic E-state index is 0.435. The molecular formula is C14H21NO. The van der Waals surface area contributed by atoms with Gasteiger partial charge < -0.3 is 10.1 Å². The van der Waals surface area contributed by atoms with Crippen LogP contribution in [-0.2, 0) is 4.74 Å². The minimum absolute atomic E-state index is 0.435. The summed E-state index contributed by atoms with van der Waals surface area (Å²) >= 11 is 0. The van der Waals surface area contributed by atoms with Gasteiger partial charge in [-0.1, -0.05) is 24.3 Å². The Morgan fingerprint density at radius 3 is 2.62 bits per heavy atom. The van der Waals surface area contributed by atoms with Crippen LogP contribution in [0.2, 0.25) is 0 Å². The van der Waals surface area contributed by atoms with Crippen molar-refractivity contribution in [2.24, 2.45) is 0 Å². The second kappa shape index (κ2) is 5.46. The molecule has 0 bridgehead atoms. The Balaban J connectivity index is 1.96. The van der Waals surface area contributed by atoms with Crippen LogP contribution in [0.4, 0.5) is 0 Å². The summed E-state index contributed by atoms with van der Waals surface area (Å²) in [6, 6.07) is 9.65. The first-order chi connectivity index (χ1) is 7.77. The van der Waals surface area contributed by atoms with E-state index in [9.17, 15) is 0 Å². The van der Waals surface area contributed by atoms with Crippen molar-refractivity contribution in [3.05, 3.63) is 35.4 Å². The van der Waals surface area contributed by atoms with E-state index in [0.29, 0.717) is 12.1 Å². The van der Waals surface area contributed by atoms with Crippen molar-refractivity contribution >= 4 is 0 Å². The first kappa shape index (κ1) is 11.6. The van der Waals surface area contributed by atoms with Crippen molar-refractivity contribution in [2.45, 2.75) is 38.8 Å². The Labute approximate surface area is 98.0 Å². The van der Waals surface area contributed by atoms with Gasteiger partial charge in [0, 0.05) is 25.3 Å². The standard InChI is InChI=1S/C14H21NO/c1-11-5-3-4-6-14(11)12(2)15-13-7-9-16-10-8-13/h3-6,12-13,15H,7-10H2,1-2H3. The molecule has 2 rings (SSSR count). The molecule has 0 spiro atoms. The molecular weight excluding hydrogens is 198 g/mol.